The van der Waals surface area contributed by atoms with E-state index in [9.17, 15) is 4.39 Å². The lowest BCUT2D eigenvalue weighted by atomic mass is 10.2. The summed E-state index contributed by atoms with van der Waals surface area (Å²) in [5.74, 6) is 0.909. The second-order valence-corrected chi connectivity index (χ2v) is 6.87. The molecule has 2 aliphatic rings. The van der Waals surface area contributed by atoms with Gasteiger partial charge >= 0.3 is 0 Å². The van der Waals surface area contributed by atoms with Gasteiger partial charge in [-0.3, -0.25) is 0 Å². The van der Waals surface area contributed by atoms with Crippen LogP contribution in [-0.4, -0.2) is 73.8 Å². The van der Waals surface area contributed by atoms with Gasteiger partial charge in [0.05, 0.1) is 37.7 Å². The molecule has 3 heterocycles. The molecule has 0 saturated carbocycles. The van der Waals surface area contributed by atoms with Crippen molar-refractivity contribution in [1.82, 2.24) is 15.0 Å². The number of ether oxygens (including phenoxy) is 2. The van der Waals surface area contributed by atoms with Crippen molar-refractivity contribution in [3.8, 4) is 0 Å². The Morgan fingerprint density at radius 1 is 0.966 bits per heavy atom. The third-order valence-corrected chi connectivity index (χ3v) is 4.89. The van der Waals surface area contributed by atoms with Gasteiger partial charge in [-0.15, -0.1) is 0 Å². The number of aromatic nitrogens is 3. The minimum atomic E-state index is -0.457. The van der Waals surface area contributed by atoms with Gasteiger partial charge in [-0.1, -0.05) is 17.7 Å². The lowest BCUT2D eigenvalue weighted by molar-refractivity contribution is 0.121. The molecule has 0 bridgehead atoms. The number of halogens is 2. The van der Waals surface area contributed by atoms with Crippen molar-refractivity contribution < 1.29 is 13.9 Å². The fourth-order valence-electron chi connectivity index (χ4n) is 3.00. The van der Waals surface area contributed by atoms with E-state index in [0.717, 1.165) is 0 Å². The third kappa shape index (κ3) is 4.89. The molecule has 1 aromatic carbocycles. The van der Waals surface area contributed by atoms with Gasteiger partial charge in [-0.25, -0.2) is 9.82 Å². The monoisotopic (exact) mass is 421 g/mol. The molecule has 0 unspecified atom stereocenters. The molecule has 1 N–H and O–H groups in total. The van der Waals surface area contributed by atoms with Gasteiger partial charge in [0.2, 0.25) is 17.8 Å². The number of nitrogens with one attached hydrogen (secondary N) is 1. The number of hydrogen-bond donors (Lipinski definition) is 1. The van der Waals surface area contributed by atoms with Gasteiger partial charge in [0.1, 0.15) is 5.82 Å². The highest BCUT2D eigenvalue weighted by Gasteiger charge is 2.20. The molecular weight excluding hydrogens is 401 g/mol. The zero-order valence-corrected chi connectivity index (χ0v) is 16.5. The Balaban J connectivity index is 1.58. The number of hydrogen-bond acceptors (Lipinski definition) is 9. The Bertz CT molecular complexity index is 817. The van der Waals surface area contributed by atoms with Crippen molar-refractivity contribution in [3.63, 3.8) is 0 Å². The maximum atomic E-state index is 13.9. The van der Waals surface area contributed by atoms with Crippen LogP contribution in [0.4, 0.5) is 22.2 Å². The average Bonchev–Trinajstić information content (AvgIpc) is 2.77. The number of benzene rings is 1. The number of nitrogens with zero attached hydrogens (tertiary/aromatic N) is 6. The maximum absolute atomic E-state index is 13.9. The van der Waals surface area contributed by atoms with Gasteiger partial charge in [0.25, 0.3) is 0 Å². The lowest BCUT2D eigenvalue weighted by Crippen LogP contribution is -2.40. The predicted molar refractivity (Wildman–Crippen MR) is 109 cm³/mol. The molecule has 29 heavy (non-hydrogen) atoms. The Kier molecular flexibility index (Phi) is 6.33. The van der Waals surface area contributed by atoms with Gasteiger partial charge in [-0.05, 0) is 12.1 Å². The fraction of sp³-hybridized carbons (Fsp3) is 0.444. The molecule has 11 heteroatoms. The van der Waals surface area contributed by atoms with Crippen LogP contribution in [0.3, 0.4) is 0 Å². The molecule has 1 aromatic heterocycles. The van der Waals surface area contributed by atoms with Gasteiger partial charge < -0.3 is 19.3 Å². The third-order valence-electron chi connectivity index (χ3n) is 4.56. The molecule has 2 aromatic rings. The summed E-state index contributed by atoms with van der Waals surface area (Å²) >= 11 is 6.03. The highest BCUT2D eigenvalue weighted by molar-refractivity contribution is 6.33. The summed E-state index contributed by atoms with van der Waals surface area (Å²) in [5, 5.41) is 4.34. The van der Waals surface area contributed by atoms with E-state index in [1.165, 1.54) is 18.3 Å². The number of hydrazone groups is 1. The second kappa shape index (κ2) is 9.29. The molecule has 2 saturated heterocycles. The maximum Gasteiger partial charge on any atom is 0.250 e. The summed E-state index contributed by atoms with van der Waals surface area (Å²) in [7, 11) is 0. The molecule has 2 aliphatic heterocycles. The summed E-state index contributed by atoms with van der Waals surface area (Å²) in [5.41, 5.74) is 2.96. The first kappa shape index (κ1) is 19.7. The Labute approximate surface area is 172 Å². The highest BCUT2D eigenvalue weighted by atomic mass is 35.5. The molecule has 154 valence electrons. The van der Waals surface area contributed by atoms with E-state index in [2.05, 4.69) is 25.5 Å². The number of morpholine rings is 2. The van der Waals surface area contributed by atoms with Crippen LogP contribution in [0.1, 0.15) is 5.56 Å². The molecular formula is C18H21ClFN7O2. The number of rotatable bonds is 5. The zero-order chi connectivity index (χ0) is 20.1. The van der Waals surface area contributed by atoms with Crippen molar-refractivity contribution in [2.75, 3.05) is 67.8 Å². The minimum absolute atomic E-state index is 0.192. The quantitative estimate of drug-likeness (QED) is 0.577. The van der Waals surface area contributed by atoms with E-state index in [1.54, 1.807) is 6.07 Å². The lowest BCUT2D eigenvalue weighted by Gasteiger charge is -2.30. The van der Waals surface area contributed by atoms with E-state index < -0.39 is 5.82 Å². The second-order valence-electron chi connectivity index (χ2n) is 6.46. The van der Waals surface area contributed by atoms with Crippen molar-refractivity contribution in [1.29, 1.82) is 0 Å². The smallest absolute Gasteiger partial charge is 0.250 e. The van der Waals surface area contributed by atoms with E-state index in [1.807, 2.05) is 9.80 Å². The summed E-state index contributed by atoms with van der Waals surface area (Å²) in [6, 6.07) is 4.46. The van der Waals surface area contributed by atoms with Crippen LogP contribution >= 0.6 is 11.6 Å². The molecule has 0 aliphatic carbocycles. The Morgan fingerprint density at radius 3 is 2.10 bits per heavy atom. The van der Waals surface area contributed by atoms with Crippen LogP contribution in [0.2, 0.25) is 5.02 Å². The first-order chi connectivity index (χ1) is 14.2. The molecule has 4 rings (SSSR count). The molecule has 0 atom stereocenters. The van der Waals surface area contributed by atoms with Crippen LogP contribution in [0.15, 0.2) is 23.3 Å². The normalized spacial score (nSPS) is 17.7. The van der Waals surface area contributed by atoms with Crippen molar-refractivity contribution in [2.45, 2.75) is 0 Å². The van der Waals surface area contributed by atoms with Crippen molar-refractivity contribution >= 4 is 35.7 Å². The Morgan fingerprint density at radius 2 is 1.55 bits per heavy atom. The largest absolute Gasteiger partial charge is 0.378 e. The molecule has 9 nitrogen and oxygen atoms in total. The van der Waals surface area contributed by atoms with Crippen LogP contribution in [0.25, 0.3) is 0 Å². The molecule has 0 radical (unpaired) electrons. The van der Waals surface area contributed by atoms with E-state index in [0.29, 0.717) is 64.5 Å². The van der Waals surface area contributed by atoms with Gasteiger partial charge in [0.15, 0.2) is 0 Å². The van der Waals surface area contributed by atoms with E-state index >= 15 is 0 Å². The summed E-state index contributed by atoms with van der Waals surface area (Å²) < 4.78 is 24.7. The SMILES string of the molecule is Fc1cccc(Cl)c1/C=N\Nc1nc(N2CCOCC2)nc(N2CCOCC2)n1. The van der Waals surface area contributed by atoms with Crippen LogP contribution in [-0.2, 0) is 9.47 Å². The summed E-state index contributed by atoms with van der Waals surface area (Å²) in [6.07, 6.45) is 1.31. The molecule has 0 spiro atoms. The van der Waals surface area contributed by atoms with Crippen LogP contribution in [0.5, 0.6) is 0 Å². The minimum Gasteiger partial charge on any atom is -0.378 e. The summed E-state index contributed by atoms with van der Waals surface area (Å²) in [4.78, 5) is 17.6. The predicted octanol–water partition coefficient (Wildman–Crippen LogP) is 1.78. The van der Waals surface area contributed by atoms with E-state index in [-0.39, 0.29) is 16.5 Å². The Hall–Kier alpha value is -2.56. The van der Waals surface area contributed by atoms with Crippen molar-refractivity contribution in [3.05, 3.63) is 34.6 Å². The van der Waals surface area contributed by atoms with Crippen LogP contribution < -0.4 is 15.2 Å². The summed E-state index contributed by atoms with van der Waals surface area (Å²) in [6.45, 7) is 5.24. The topological polar surface area (TPSA) is 88.0 Å². The number of anilines is 3. The van der Waals surface area contributed by atoms with Gasteiger partial charge in [0, 0.05) is 31.7 Å². The zero-order valence-electron chi connectivity index (χ0n) is 15.7. The first-order valence-electron chi connectivity index (χ1n) is 9.35. The van der Waals surface area contributed by atoms with Gasteiger partial charge in [-0.2, -0.15) is 20.1 Å². The fourth-order valence-corrected chi connectivity index (χ4v) is 3.21. The first-order valence-corrected chi connectivity index (χ1v) is 9.73. The molecule has 0 amide bonds. The standard InChI is InChI=1S/C18H21ClFN7O2/c19-14-2-1-3-15(20)13(14)12-21-25-16-22-17(26-4-8-28-9-5-26)24-18(23-16)27-6-10-29-11-7-27/h1-3,12H,4-11H2,(H,22,23,24,25)/b21-12-. The highest BCUT2D eigenvalue weighted by Crippen LogP contribution is 2.19. The molecule has 2 fully saturated rings. The van der Waals surface area contributed by atoms with E-state index in [4.69, 9.17) is 21.1 Å². The van der Waals surface area contributed by atoms with Crippen LogP contribution in [0, 0.1) is 5.82 Å². The van der Waals surface area contributed by atoms with Crippen molar-refractivity contribution in [2.24, 2.45) is 5.10 Å². The average molecular weight is 422 g/mol.